The van der Waals surface area contributed by atoms with E-state index in [-0.39, 0.29) is 11.3 Å². The van der Waals surface area contributed by atoms with Crippen LogP contribution < -0.4 is 4.74 Å². The summed E-state index contributed by atoms with van der Waals surface area (Å²) in [5.74, 6) is -3.42. The molecular formula is C18H25NO. The van der Waals surface area contributed by atoms with Crippen molar-refractivity contribution in [1.29, 1.82) is 0 Å². The highest BCUT2D eigenvalue weighted by molar-refractivity contribution is 5.45. The molecule has 1 saturated heterocycles. The lowest BCUT2D eigenvalue weighted by atomic mass is 9.52. The van der Waals surface area contributed by atoms with Gasteiger partial charge < -0.3 is 9.64 Å². The van der Waals surface area contributed by atoms with Crippen molar-refractivity contribution in [2.24, 2.45) is 5.89 Å². The Labute approximate surface area is 143 Å². The van der Waals surface area contributed by atoms with Gasteiger partial charge in [-0.05, 0) is 68.2 Å². The molecule has 2 nitrogen and oxygen atoms in total. The minimum absolute atomic E-state index is 0.0671. The quantitative estimate of drug-likeness (QED) is 0.785. The van der Waals surface area contributed by atoms with Crippen LogP contribution in [0.4, 0.5) is 0 Å². The summed E-state index contributed by atoms with van der Waals surface area (Å²) < 4.78 is 135. The zero-order chi connectivity index (χ0) is 27.1. The van der Waals surface area contributed by atoms with E-state index in [2.05, 4.69) is 0 Å². The van der Waals surface area contributed by atoms with Gasteiger partial charge in [0.15, 0.2) is 0 Å². The summed E-state index contributed by atoms with van der Waals surface area (Å²) in [7, 11) is 1.27. The maximum absolute atomic E-state index is 9.51. The summed E-state index contributed by atoms with van der Waals surface area (Å²) in [6.45, 7) is -3.92. The van der Waals surface area contributed by atoms with E-state index in [0.29, 0.717) is 4.90 Å². The van der Waals surface area contributed by atoms with Crippen molar-refractivity contribution in [3.05, 3.63) is 29.3 Å². The Morgan fingerprint density at radius 3 is 3.30 bits per heavy atom. The third-order valence-corrected chi connectivity index (χ3v) is 4.11. The molecule has 4 rings (SSSR count). The monoisotopic (exact) mass is 286 g/mol. The molecule has 2 fully saturated rings. The first-order valence-electron chi connectivity index (χ1n) is 14.0. The van der Waals surface area contributed by atoms with Crippen molar-refractivity contribution in [3.8, 4) is 5.75 Å². The van der Waals surface area contributed by atoms with Gasteiger partial charge in [-0.15, -0.1) is 0 Å². The van der Waals surface area contributed by atoms with E-state index in [0.717, 1.165) is 12.1 Å². The highest BCUT2D eigenvalue weighted by Crippen LogP contribution is 2.55. The molecule has 0 radical (unpaired) electrons. The first kappa shape index (κ1) is 4.49. The minimum atomic E-state index is -3.76. The largest absolute Gasteiger partial charge is 0.497 e. The Morgan fingerprint density at radius 1 is 1.50 bits per heavy atom. The standard InChI is InChI=1S/C18H25NO/c1-19-10-9-18-8-4-3-5-15(18)17(19)11-13-6-7-14(20-2)12-16(13)18/h6-7,12,15,17H,3-5,8-11H2,1-2H3/t15-,17+,18+/m1/s1/i1D3,3D2,4D2,5D2,8D2,11D2,15D,17D. The van der Waals surface area contributed by atoms with E-state index >= 15 is 0 Å². The maximum Gasteiger partial charge on any atom is 0.119 e. The number of ether oxygens (including phenoxy) is 1. The number of methoxy groups -OCH3 is 1. The molecule has 108 valence electrons. The molecule has 0 amide bonds. The number of hydrogen-bond acceptors (Lipinski definition) is 2. The zero-order valence-electron chi connectivity index (χ0n) is 26.0. The van der Waals surface area contributed by atoms with E-state index in [1.807, 2.05) is 0 Å². The highest BCUT2D eigenvalue weighted by atomic mass is 16.5. The van der Waals surface area contributed by atoms with Crippen LogP contribution in [-0.2, 0) is 11.8 Å². The Morgan fingerprint density at radius 2 is 2.45 bits per heavy atom. The van der Waals surface area contributed by atoms with Gasteiger partial charge in [-0.1, -0.05) is 18.8 Å². The molecule has 2 aliphatic carbocycles. The van der Waals surface area contributed by atoms with Crippen molar-refractivity contribution in [1.82, 2.24) is 4.90 Å². The summed E-state index contributed by atoms with van der Waals surface area (Å²) in [6.07, 6.45) is -18.3. The van der Waals surface area contributed by atoms with Crippen molar-refractivity contribution >= 4 is 0 Å². The predicted octanol–water partition coefficient (Wildman–Crippen LogP) is 3.38. The molecule has 1 heterocycles. The van der Waals surface area contributed by atoms with Gasteiger partial charge in [0.2, 0.25) is 0 Å². The number of hydrogen-bond donors (Lipinski definition) is 0. The fourth-order valence-electron chi connectivity index (χ4n) is 3.08. The van der Waals surface area contributed by atoms with Gasteiger partial charge in [-0.2, -0.15) is 0 Å². The summed E-state index contributed by atoms with van der Waals surface area (Å²) in [5.41, 5.74) is -3.40. The van der Waals surface area contributed by atoms with Crippen LogP contribution >= 0.6 is 0 Å². The number of fused-ring (bicyclic) bond motifs is 1. The number of benzene rings is 1. The SMILES string of the molecule is [2H]C([2H])([2H])N1CC[C@]23c4cc(OC)ccc4C([2H])([2H])[C@@]1([2H])[C@@]2([2H])C([2H])([2H])C([2H])([2H])C([2H])([2H])C3([2H])[2H]. The van der Waals surface area contributed by atoms with Gasteiger partial charge in [0.25, 0.3) is 0 Å². The molecule has 1 aromatic rings. The summed E-state index contributed by atoms with van der Waals surface area (Å²) in [6, 6.07) is 0.202. The van der Waals surface area contributed by atoms with E-state index in [4.69, 9.17) is 22.6 Å². The fraction of sp³-hybridized carbons (Fsp3) is 0.667. The molecule has 20 heavy (non-hydrogen) atoms. The molecule has 3 aliphatic rings. The van der Waals surface area contributed by atoms with Gasteiger partial charge in [0.05, 0.1) is 7.11 Å². The molecular weight excluding hydrogens is 246 g/mol. The number of likely N-dealkylation sites (tertiary alicyclic amines) is 1. The van der Waals surface area contributed by atoms with Crippen LogP contribution in [0.5, 0.6) is 5.75 Å². The number of piperidine rings is 1. The molecule has 0 aromatic heterocycles. The summed E-state index contributed by atoms with van der Waals surface area (Å²) in [5, 5.41) is 0. The average Bonchev–Trinajstić information content (AvgIpc) is 2.71. The molecule has 0 N–H and O–H groups in total. The third-order valence-electron chi connectivity index (χ3n) is 4.11. The van der Waals surface area contributed by atoms with Gasteiger partial charge in [0.1, 0.15) is 5.75 Å². The maximum atomic E-state index is 9.51. The first-order valence-corrected chi connectivity index (χ1v) is 6.47. The van der Waals surface area contributed by atoms with Crippen molar-refractivity contribution in [3.63, 3.8) is 0 Å². The van der Waals surface area contributed by atoms with Gasteiger partial charge >= 0.3 is 0 Å². The van der Waals surface area contributed by atoms with Crippen LogP contribution in [0.2, 0.25) is 0 Å². The molecule has 2 bridgehead atoms. The third kappa shape index (κ3) is 1.60. The second-order valence-electron chi connectivity index (χ2n) is 5.07. The molecule has 1 saturated carbocycles. The molecule has 0 spiro atoms. The smallest absolute Gasteiger partial charge is 0.119 e. The molecule has 2 heteroatoms. The Bertz CT molecular complexity index is 1080. The number of nitrogens with zero attached hydrogens (tertiary/aromatic N) is 1. The van der Waals surface area contributed by atoms with Crippen LogP contribution in [-0.4, -0.2) is 31.5 Å². The van der Waals surface area contributed by atoms with E-state index in [1.165, 1.54) is 13.2 Å². The molecule has 1 aromatic carbocycles. The van der Waals surface area contributed by atoms with E-state index < -0.39 is 74.7 Å². The molecule has 3 atom stereocenters. The van der Waals surface area contributed by atoms with Crippen molar-refractivity contribution in [2.45, 2.75) is 49.7 Å². The van der Waals surface area contributed by atoms with Crippen LogP contribution in [0.25, 0.3) is 0 Å². The average molecular weight is 286 g/mol. The van der Waals surface area contributed by atoms with Crippen LogP contribution in [0.1, 0.15) is 63.6 Å². The number of rotatable bonds is 1. The second kappa shape index (κ2) is 4.49. The van der Waals surface area contributed by atoms with Gasteiger partial charge in [0, 0.05) is 32.0 Å². The van der Waals surface area contributed by atoms with Crippen LogP contribution in [0.3, 0.4) is 0 Å². The lowest BCUT2D eigenvalue weighted by Crippen LogP contribution is -2.59. The van der Waals surface area contributed by atoms with Crippen LogP contribution in [0.15, 0.2) is 18.2 Å². The van der Waals surface area contributed by atoms with E-state index in [9.17, 15) is 2.74 Å². The Kier molecular flexibility index (Phi) is 1.01. The highest BCUT2D eigenvalue weighted by Gasteiger charge is 2.53. The summed E-state index contributed by atoms with van der Waals surface area (Å²) >= 11 is 0. The number of likely N-dealkylation sites (N-methyl/N-ethyl adjacent to an activating group) is 1. The van der Waals surface area contributed by atoms with Crippen molar-refractivity contribution in [2.75, 3.05) is 20.6 Å². The van der Waals surface area contributed by atoms with E-state index in [1.54, 1.807) is 0 Å². The Balaban J connectivity index is 2.33. The molecule has 0 unspecified atom stereocenters. The second-order valence-corrected chi connectivity index (χ2v) is 5.07. The molecule has 1 aliphatic heterocycles. The lowest BCUT2D eigenvalue weighted by molar-refractivity contribution is 0.00274. The van der Waals surface area contributed by atoms with Crippen molar-refractivity contribution < 1.29 is 25.3 Å². The topological polar surface area (TPSA) is 12.5 Å². The predicted molar refractivity (Wildman–Crippen MR) is 81.4 cm³/mol. The van der Waals surface area contributed by atoms with Gasteiger partial charge in [-0.3, -0.25) is 0 Å². The normalized spacial score (nSPS) is 67.8. The van der Waals surface area contributed by atoms with Crippen LogP contribution in [0, 0.1) is 5.89 Å². The zero-order valence-corrected chi connectivity index (χ0v) is 11.0. The Hall–Kier alpha value is -1.02. The van der Waals surface area contributed by atoms with Gasteiger partial charge in [-0.25, -0.2) is 0 Å². The fourth-order valence-corrected chi connectivity index (χ4v) is 3.08. The first-order chi connectivity index (χ1) is 15.5. The minimum Gasteiger partial charge on any atom is -0.497 e. The lowest BCUT2D eigenvalue weighted by Gasteiger charge is -2.58. The summed E-state index contributed by atoms with van der Waals surface area (Å²) in [4.78, 5) is 0.323.